The number of carboxylic acids is 1. The van der Waals surface area contributed by atoms with Gasteiger partial charge in [0.05, 0.1) is 20.3 Å². The minimum atomic E-state index is -1.10. The highest BCUT2D eigenvalue weighted by atomic mass is 16.5. The molecule has 0 bridgehead atoms. The normalized spacial score (nSPS) is 12.2. The summed E-state index contributed by atoms with van der Waals surface area (Å²) in [6, 6.07) is 11.2. The molecule has 2 aromatic rings. The van der Waals surface area contributed by atoms with Crippen molar-refractivity contribution in [1.82, 2.24) is 0 Å². The summed E-state index contributed by atoms with van der Waals surface area (Å²) in [5, 5.41) is 19.9. The first-order valence-electron chi connectivity index (χ1n) is 7.87. The van der Waals surface area contributed by atoms with Crippen LogP contribution in [-0.4, -0.2) is 36.5 Å². The predicted octanol–water partition coefficient (Wildman–Crippen LogP) is 3.33. The van der Waals surface area contributed by atoms with E-state index in [4.69, 9.17) is 9.47 Å². The van der Waals surface area contributed by atoms with Gasteiger partial charge in [0.1, 0.15) is 17.1 Å². The van der Waals surface area contributed by atoms with Crippen LogP contribution in [0.2, 0.25) is 0 Å². The van der Waals surface area contributed by atoms with Gasteiger partial charge in [-0.05, 0) is 24.1 Å². The molecule has 0 radical (unpaired) electrons. The fourth-order valence-corrected chi connectivity index (χ4v) is 2.73. The maximum absolute atomic E-state index is 11.7. The van der Waals surface area contributed by atoms with Crippen molar-refractivity contribution in [2.24, 2.45) is 0 Å². The molecular weight excluding hydrogens is 320 g/mol. The zero-order valence-electron chi connectivity index (χ0n) is 14.5. The number of ether oxygens (including phenoxy) is 2. The minimum Gasteiger partial charge on any atom is -0.496 e. The first kappa shape index (κ1) is 18.5. The fraction of sp³-hybridized carbons (Fsp3) is 0.250. The van der Waals surface area contributed by atoms with Crippen molar-refractivity contribution in [2.45, 2.75) is 19.4 Å². The van der Waals surface area contributed by atoms with Crippen LogP contribution in [0.25, 0.3) is 6.08 Å². The summed E-state index contributed by atoms with van der Waals surface area (Å²) < 4.78 is 10.6. The van der Waals surface area contributed by atoms with E-state index in [1.54, 1.807) is 25.1 Å². The molecule has 0 spiro atoms. The lowest BCUT2D eigenvalue weighted by atomic mass is 9.96. The smallest absolute Gasteiger partial charge is 0.339 e. The molecule has 0 saturated carbocycles. The summed E-state index contributed by atoms with van der Waals surface area (Å²) >= 11 is 0. The topological polar surface area (TPSA) is 76.0 Å². The van der Waals surface area contributed by atoms with Crippen molar-refractivity contribution in [1.29, 1.82) is 0 Å². The number of aliphatic hydroxyl groups is 1. The van der Waals surface area contributed by atoms with Crippen molar-refractivity contribution in [2.75, 3.05) is 14.2 Å². The van der Waals surface area contributed by atoms with E-state index in [1.807, 2.05) is 30.3 Å². The van der Waals surface area contributed by atoms with Crippen LogP contribution < -0.4 is 9.47 Å². The van der Waals surface area contributed by atoms with Gasteiger partial charge in [0, 0.05) is 12.0 Å². The third-order valence-electron chi connectivity index (χ3n) is 3.94. The molecule has 0 aliphatic carbocycles. The number of carboxylic acid groups (broad SMARTS) is 1. The van der Waals surface area contributed by atoms with E-state index < -0.39 is 12.1 Å². The zero-order valence-corrected chi connectivity index (χ0v) is 14.5. The van der Waals surface area contributed by atoms with Crippen molar-refractivity contribution < 1.29 is 24.5 Å². The van der Waals surface area contributed by atoms with E-state index >= 15 is 0 Å². The highest BCUT2D eigenvalue weighted by molar-refractivity contribution is 5.94. The Morgan fingerprint density at radius 3 is 2.44 bits per heavy atom. The highest BCUT2D eigenvalue weighted by Crippen LogP contribution is 2.35. The predicted molar refractivity (Wildman–Crippen MR) is 96.4 cm³/mol. The van der Waals surface area contributed by atoms with E-state index in [0.29, 0.717) is 16.9 Å². The van der Waals surface area contributed by atoms with E-state index in [9.17, 15) is 15.0 Å². The Balaban J connectivity index is 2.34. The molecule has 0 saturated heterocycles. The molecule has 0 heterocycles. The van der Waals surface area contributed by atoms with Crippen LogP contribution in [0.1, 0.15) is 27.0 Å². The molecule has 2 aromatic carbocycles. The number of hydrogen-bond acceptors (Lipinski definition) is 4. The quantitative estimate of drug-likeness (QED) is 0.807. The van der Waals surface area contributed by atoms with Crippen LogP contribution in [0.15, 0.2) is 42.5 Å². The maximum Gasteiger partial charge on any atom is 0.339 e. The van der Waals surface area contributed by atoms with Crippen LogP contribution in [-0.2, 0) is 6.42 Å². The number of rotatable bonds is 7. The van der Waals surface area contributed by atoms with Crippen molar-refractivity contribution in [3.05, 3.63) is 64.7 Å². The second kappa shape index (κ2) is 8.35. The van der Waals surface area contributed by atoms with E-state index in [-0.39, 0.29) is 17.7 Å². The number of benzene rings is 2. The lowest BCUT2D eigenvalue weighted by Crippen LogP contribution is -2.14. The Bertz CT molecular complexity index is 765. The molecule has 1 atom stereocenters. The van der Waals surface area contributed by atoms with Crippen LogP contribution in [0.3, 0.4) is 0 Å². The van der Waals surface area contributed by atoms with Gasteiger partial charge in [-0.15, -0.1) is 0 Å². The molecule has 25 heavy (non-hydrogen) atoms. The average Bonchev–Trinajstić information content (AvgIpc) is 2.61. The minimum absolute atomic E-state index is 0.0490. The van der Waals surface area contributed by atoms with Gasteiger partial charge < -0.3 is 19.7 Å². The monoisotopic (exact) mass is 342 g/mol. The van der Waals surface area contributed by atoms with Crippen LogP contribution in [0, 0.1) is 6.92 Å². The Labute approximate surface area is 147 Å². The van der Waals surface area contributed by atoms with Gasteiger partial charge in [-0.2, -0.15) is 0 Å². The Hall–Kier alpha value is -2.79. The fourth-order valence-electron chi connectivity index (χ4n) is 2.73. The van der Waals surface area contributed by atoms with Gasteiger partial charge in [-0.1, -0.05) is 42.5 Å². The van der Waals surface area contributed by atoms with Crippen molar-refractivity contribution >= 4 is 12.0 Å². The van der Waals surface area contributed by atoms with E-state index in [2.05, 4.69) is 0 Å². The molecule has 1 unspecified atom stereocenters. The van der Waals surface area contributed by atoms with Gasteiger partial charge >= 0.3 is 5.97 Å². The summed E-state index contributed by atoms with van der Waals surface area (Å²) in [7, 11) is 2.93. The van der Waals surface area contributed by atoms with E-state index in [1.165, 1.54) is 14.2 Å². The van der Waals surface area contributed by atoms with Crippen LogP contribution >= 0.6 is 0 Å². The van der Waals surface area contributed by atoms with Crippen LogP contribution in [0.4, 0.5) is 0 Å². The molecule has 5 nitrogen and oxygen atoms in total. The standard InChI is InChI=1S/C20H22O5/c1-13-17(24-2)12-15(18(20(22)23)19(13)25-3)11-16(21)10-9-14-7-5-4-6-8-14/h4-10,12,16,21H,11H2,1-3H3,(H,22,23)/b10-9+. The molecule has 2 N–H and O–H groups in total. The largest absolute Gasteiger partial charge is 0.496 e. The number of hydrogen-bond donors (Lipinski definition) is 2. The zero-order chi connectivity index (χ0) is 18.4. The molecule has 132 valence electrons. The molecule has 0 aromatic heterocycles. The summed E-state index contributed by atoms with van der Waals surface area (Å²) in [5.74, 6) is -0.325. The second-order valence-electron chi connectivity index (χ2n) is 5.62. The van der Waals surface area contributed by atoms with Gasteiger partial charge in [0.15, 0.2) is 0 Å². The van der Waals surface area contributed by atoms with Gasteiger partial charge in [0.25, 0.3) is 0 Å². The second-order valence-corrected chi connectivity index (χ2v) is 5.62. The molecule has 0 fully saturated rings. The lowest BCUT2D eigenvalue weighted by molar-refractivity contribution is 0.0691. The molecule has 5 heteroatoms. The van der Waals surface area contributed by atoms with Gasteiger partial charge in [-0.25, -0.2) is 4.79 Å². The Kier molecular flexibility index (Phi) is 6.19. The third-order valence-corrected chi connectivity index (χ3v) is 3.94. The lowest BCUT2D eigenvalue weighted by Gasteiger charge is -2.17. The molecular formula is C20H22O5. The Morgan fingerprint density at radius 2 is 1.88 bits per heavy atom. The summed E-state index contributed by atoms with van der Waals surface area (Å²) in [6.07, 6.45) is 2.74. The molecule has 0 amide bonds. The Morgan fingerprint density at radius 1 is 1.20 bits per heavy atom. The molecule has 2 rings (SSSR count). The first-order chi connectivity index (χ1) is 12.0. The van der Waals surface area contributed by atoms with Gasteiger partial charge in [0.2, 0.25) is 0 Å². The summed E-state index contributed by atoms with van der Waals surface area (Å²) in [6.45, 7) is 1.74. The molecule has 0 aliphatic heterocycles. The summed E-state index contributed by atoms with van der Waals surface area (Å²) in [5.41, 5.74) is 2.07. The number of carbonyl (C=O) groups is 1. The van der Waals surface area contributed by atoms with Crippen molar-refractivity contribution in [3.8, 4) is 11.5 Å². The average molecular weight is 342 g/mol. The first-order valence-corrected chi connectivity index (χ1v) is 7.87. The third kappa shape index (κ3) is 4.39. The number of aromatic carboxylic acids is 1. The molecule has 0 aliphatic rings. The number of aliphatic hydroxyl groups excluding tert-OH is 1. The maximum atomic E-state index is 11.7. The SMILES string of the molecule is COc1cc(CC(O)/C=C/c2ccccc2)c(C(=O)O)c(OC)c1C. The van der Waals surface area contributed by atoms with Crippen LogP contribution in [0.5, 0.6) is 11.5 Å². The summed E-state index contributed by atoms with van der Waals surface area (Å²) in [4.78, 5) is 11.7. The highest BCUT2D eigenvalue weighted by Gasteiger charge is 2.23. The van der Waals surface area contributed by atoms with Gasteiger partial charge in [-0.3, -0.25) is 0 Å². The number of methoxy groups -OCH3 is 2. The van der Waals surface area contributed by atoms with Crippen molar-refractivity contribution in [3.63, 3.8) is 0 Å². The van der Waals surface area contributed by atoms with E-state index in [0.717, 1.165) is 5.56 Å².